The number of carbonyl (C=O) groups excluding carboxylic acids is 3. The highest BCUT2D eigenvalue weighted by Gasteiger charge is 2.54. The number of aromatic amines is 1. The molecule has 12 heteroatoms. The first kappa shape index (κ1) is 31.9. The smallest absolute Gasteiger partial charge is 0.251 e. The third kappa shape index (κ3) is 5.64. The molecule has 3 amide bonds. The van der Waals surface area contributed by atoms with E-state index in [2.05, 4.69) is 42.6 Å². The van der Waals surface area contributed by atoms with Crippen LogP contribution in [0.25, 0.3) is 0 Å². The summed E-state index contributed by atoms with van der Waals surface area (Å²) in [7, 11) is 0. The van der Waals surface area contributed by atoms with Gasteiger partial charge >= 0.3 is 0 Å². The summed E-state index contributed by atoms with van der Waals surface area (Å²) in [6.07, 6.45) is 6.80. The summed E-state index contributed by atoms with van der Waals surface area (Å²) in [6, 6.07) is 13.8. The van der Waals surface area contributed by atoms with Crippen LogP contribution in [-0.2, 0) is 23.1 Å². The first-order valence-electron chi connectivity index (χ1n) is 17.4. The van der Waals surface area contributed by atoms with Gasteiger partial charge in [0.05, 0.1) is 18.0 Å². The molecule has 250 valence electrons. The minimum absolute atomic E-state index is 0.0238. The van der Waals surface area contributed by atoms with Crippen LogP contribution < -0.4 is 16.0 Å². The second-order valence-corrected chi connectivity index (χ2v) is 13.7. The third-order valence-electron chi connectivity index (χ3n) is 11.0. The van der Waals surface area contributed by atoms with Crippen molar-refractivity contribution in [3.63, 3.8) is 0 Å². The van der Waals surface area contributed by atoms with Crippen LogP contribution in [0.2, 0.25) is 0 Å². The number of H-pyrrole nitrogens is 1. The van der Waals surface area contributed by atoms with E-state index in [9.17, 15) is 19.6 Å². The van der Waals surface area contributed by atoms with Gasteiger partial charge in [0.25, 0.3) is 11.8 Å². The van der Waals surface area contributed by atoms with Gasteiger partial charge in [0.2, 0.25) is 5.91 Å². The number of nitriles is 1. The van der Waals surface area contributed by atoms with Crippen molar-refractivity contribution in [2.24, 2.45) is 11.8 Å². The molecular weight excluding hydrogens is 606 g/mol. The zero-order valence-electron chi connectivity index (χ0n) is 27.6. The van der Waals surface area contributed by atoms with Crippen molar-refractivity contribution in [1.29, 1.82) is 5.26 Å². The molecule has 2 aromatic carbocycles. The topological polar surface area (TPSA) is 169 Å². The lowest BCUT2D eigenvalue weighted by Gasteiger charge is -2.42. The molecule has 48 heavy (non-hydrogen) atoms. The van der Waals surface area contributed by atoms with Gasteiger partial charge in [-0.15, -0.1) is 10.2 Å². The van der Waals surface area contributed by atoms with Gasteiger partial charge in [-0.25, -0.2) is 0 Å². The molecule has 3 fully saturated rings. The van der Waals surface area contributed by atoms with Gasteiger partial charge in [0.15, 0.2) is 5.82 Å². The number of hydrogen-bond donors (Lipinski definition) is 4. The monoisotopic (exact) mass is 649 g/mol. The summed E-state index contributed by atoms with van der Waals surface area (Å²) in [4.78, 5) is 41.4. The number of aromatic nitrogens is 4. The predicted octanol–water partition coefficient (Wildman–Crippen LogP) is 2.79. The molecule has 0 radical (unpaired) electrons. The quantitative estimate of drug-likeness (QED) is 0.246. The second kappa shape index (κ2) is 13.1. The van der Waals surface area contributed by atoms with E-state index >= 15 is 0 Å². The Balaban J connectivity index is 1.32. The van der Waals surface area contributed by atoms with Crippen LogP contribution >= 0.6 is 0 Å². The molecule has 1 aliphatic heterocycles. The number of benzene rings is 2. The number of rotatable bonds is 11. The minimum atomic E-state index is -0.894. The van der Waals surface area contributed by atoms with Gasteiger partial charge in [-0.1, -0.05) is 23.8 Å². The summed E-state index contributed by atoms with van der Waals surface area (Å²) < 4.78 is 0. The van der Waals surface area contributed by atoms with Gasteiger partial charge in [-0.05, 0) is 117 Å². The number of tetrazole rings is 1. The van der Waals surface area contributed by atoms with Crippen molar-refractivity contribution in [1.82, 2.24) is 41.5 Å². The lowest BCUT2D eigenvalue weighted by atomic mass is 9.64. The molecule has 3 aromatic rings. The van der Waals surface area contributed by atoms with E-state index in [1.165, 1.54) is 0 Å². The Bertz CT molecular complexity index is 1680. The summed E-state index contributed by atoms with van der Waals surface area (Å²) in [5.74, 6) is 1.01. The standard InChI is InChI=1S/C36H43N9O3/c1-3-38-33(47)24-10-12-28-22(14-24)8-9-23-15-25(34(48)39-4-2)11-13-29(23)36(28,35-41-43-44-42-35)18-30(21-6-5-7-21)40-20-32(46)45-27(19-37)16-26-17-31(26)45/h10-15,21,26-27,30-31,40H,3-9,16-18,20H2,1-2H3,(H,38,47)(H,39,48)(H,41,42,43,44)/t26-,27?,30+,31+/m1/s1. The van der Waals surface area contributed by atoms with Crippen molar-refractivity contribution in [3.8, 4) is 6.07 Å². The van der Waals surface area contributed by atoms with E-state index in [4.69, 9.17) is 0 Å². The Morgan fingerprint density at radius 3 is 2.17 bits per heavy atom. The molecule has 2 saturated carbocycles. The van der Waals surface area contributed by atoms with Crippen LogP contribution in [0.15, 0.2) is 36.4 Å². The van der Waals surface area contributed by atoms with Crippen molar-refractivity contribution in [2.75, 3.05) is 19.6 Å². The van der Waals surface area contributed by atoms with Crippen molar-refractivity contribution < 1.29 is 14.4 Å². The SMILES string of the molecule is CCNC(=O)c1ccc2c(c1)CCc1cc(C(=O)NCC)ccc1C2(C[C@H](NCC(=O)N1C(C#N)C[C@@H]2C[C@@H]21)C1CCC1)c1nn[nH]n1. The molecular formula is C36H43N9O3. The van der Waals surface area contributed by atoms with Crippen molar-refractivity contribution in [2.45, 2.75) is 88.8 Å². The number of fused-ring (bicyclic) bond motifs is 3. The predicted molar refractivity (Wildman–Crippen MR) is 177 cm³/mol. The van der Waals surface area contributed by atoms with Crippen LogP contribution in [0.4, 0.5) is 0 Å². The summed E-state index contributed by atoms with van der Waals surface area (Å²) >= 11 is 0. The van der Waals surface area contributed by atoms with Crippen LogP contribution in [0, 0.1) is 23.2 Å². The Morgan fingerprint density at radius 1 is 1.00 bits per heavy atom. The maximum atomic E-state index is 13.6. The molecule has 0 bridgehead atoms. The van der Waals surface area contributed by atoms with Gasteiger partial charge in [-0.2, -0.15) is 10.5 Å². The van der Waals surface area contributed by atoms with Crippen LogP contribution in [-0.4, -0.2) is 81.0 Å². The Kier molecular flexibility index (Phi) is 8.73. The highest BCUT2D eigenvalue weighted by atomic mass is 16.2. The molecule has 0 spiro atoms. The van der Waals surface area contributed by atoms with Gasteiger partial charge < -0.3 is 20.9 Å². The minimum Gasteiger partial charge on any atom is -0.352 e. The number of aryl methyl sites for hydroxylation is 2. The zero-order chi connectivity index (χ0) is 33.4. The molecule has 7 rings (SSSR count). The van der Waals surface area contributed by atoms with E-state index in [0.29, 0.717) is 61.1 Å². The zero-order valence-corrected chi connectivity index (χ0v) is 27.6. The average molecular weight is 650 g/mol. The fraction of sp³-hybridized carbons (Fsp3) is 0.528. The number of carbonyl (C=O) groups is 3. The van der Waals surface area contributed by atoms with E-state index in [1.807, 2.05) is 55.1 Å². The first-order chi connectivity index (χ1) is 23.4. The Labute approximate surface area is 280 Å². The van der Waals surface area contributed by atoms with Crippen LogP contribution in [0.1, 0.15) is 101 Å². The van der Waals surface area contributed by atoms with E-state index in [0.717, 1.165) is 54.4 Å². The number of likely N-dealkylation sites (tertiary alicyclic amines) is 1. The van der Waals surface area contributed by atoms with Gasteiger partial charge in [0, 0.05) is 36.3 Å². The lowest BCUT2D eigenvalue weighted by Crippen LogP contribution is -2.50. The van der Waals surface area contributed by atoms with E-state index in [-0.39, 0.29) is 42.4 Å². The number of nitrogens with one attached hydrogen (secondary N) is 4. The molecule has 2 heterocycles. The number of hydrogen-bond acceptors (Lipinski definition) is 8. The summed E-state index contributed by atoms with van der Waals surface area (Å²) in [6.45, 7) is 5.00. The number of nitrogens with zero attached hydrogens (tertiary/aromatic N) is 5. The molecule has 4 N–H and O–H groups in total. The maximum absolute atomic E-state index is 13.6. The molecule has 3 aliphatic carbocycles. The van der Waals surface area contributed by atoms with Gasteiger partial charge in [-0.3, -0.25) is 14.4 Å². The molecule has 1 saturated heterocycles. The highest BCUT2D eigenvalue weighted by Crippen LogP contribution is 2.50. The third-order valence-corrected chi connectivity index (χ3v) is 11.0. The highest BCUT2D eigenvalue weighted by molar-refractivity contribution is 5.95. The molecule has 4 aliphatic rings. The Morgan fingerprint density at radius 2 is 1.65 bits per heavy atom. The van der Waals surface area contributed by atoms with Crippen molar-refractivity contribution in [3.05, 3.63) is 75.6 Å². The van der Waals surface area contributed by atoms with Gasteiger partial charge in [0.1, 0.15) is 6.04 Å². The second-order valence-electron chi connectivity index (χ2n) is 13.7. The number of piperidine rings is 1. The normalized spacial score (nSPS) is 22.6. The van der Waals surface area contributed by atoms with E-state index in [1.54, 1.807) is 0 Å². The molecule has 1 unspecified atom stereocenters. The fourth-order valence-corrected chi connectivity index (χ4v) is 8.37. The molecule has 12 nitrogen and oxygen atoms in total. The maximum Gasteiger partial charge on any atom is 0.251 e. The summed E-state index contributed by atoms with van der Waals surface area (Å²) in [5.41, 5.74) is 4.28. The van der Waals surface area contributed by atoms with Crippen LogP contribution in [0.5, 0.6) is 0 Å². The first-order valence-corrected chi connectivity index (χ1v) is 17.4. The molecule has 4 atom stereocenters. The largest absolute Gasteiger partial charge is 0.352 e. The number of amides is 3. The Hall–Kier alpha value is -4.63. The van der Waals surface area contributed by atoms with Crippen molar-refractivity contribution >= 4 is 17.7 Å². The van der Waals surface area contributed by atoms with Crippen LogP contribution in [0.3, 0.4) is 0 Å². The average Bonchev–Trinajstić information content (AvgIpc) is 3.45. The van der Waals surface area contributed by atoms with E-state index < -0.39 is 5.41 Å². The lowest BCUT2D eigenvalue weighted by molar-refractivity contribution is -0.131. The molecule has 1 aromatic heterocycles. The summed E-state index contributed by atoms with van der Waals surface area (Å²) in [5, 5.41) is 35.2. The fourth-order valence-electron chi connectivity index (χ4n) is 8.37.